The maximum Gasteiger partial charge on any atom is 0.416 e. The van der Waals surface area contributed by atoms with Crippen LogP contribution in [0, 0.1) is 13.8 Å². The number of alkyl halides is 3. The van der Waals surface area contributed by atoms with E-state index in [0.717, 1.165) is 11.1 Å². The molecule has 1 aromatic carbocycles. The first-order valence-corrected chi connectivity index (χ1v) is 4.16. The average Bonchev–Trinajstić information content (AvgIpc) is 2.07. The molecule has 0 unspecified atom stereocenters. The van der Waals surface area contributed by atoms with E-state index in [9.17, 15) is 13.2 Å². The summed E-state index contributed by atoms with van der Waals surface area (Å²) in [4.78, 5) is 0. The molecule has 0 N–H and O–H groups in total. The summed E-state index contributed by atoms with van der Waals surface area (Å²) in [5.74, 6) is 0. The minimum absolute atomic E-state index is 0.139. The van der Waals surface area contributed by atoms with Gasteiger partial charge < -0.3 is 0 Å². The van der Waals surface area contributed by atoms with E-state index in [1.165, 1.54) is 12.1 Å². The zero-order valence-electron chi connectivity index (χ0n) is 8.07. The number of allylic oxidation sites excluding steroid dienone is 1. The quantitative estimate of drug-likeness (QED) is 0.645. The molecular weight excluding hydrogens is 189 g/mol. The molecule has 1 aromatic rings. The summed E-state index contributed by atoms with van der Waals surface area (Å²) in [6.07, 6.45) is -4.35. The molecule has 0 bridgehead atoms. The second-order valence-corrected chi connectivity index (χ2v) is 3.28. The van der Waals surface area contributed by atoms with E-state index in [1.807, 2.05) is 6.92 Å². The number of aryl methyl sites for hydroxylation is 2. The Labute approximate surface area is 81.1 Å². The van der Waals surface area contributed by atoms with Crippen molar-refractivity contribution in [3.8, 4) is 0 Å². The number of hydrogen-bond donors (Lipinski definition) is 0. The molecule has 0 amide bonds. The molecule has 14 heavy (non-hydrogen) atoms. The molecule has 3 heteroatoms. The summed E-state index contributed by atoms with van der Waals surface area (Å²) in [6, 6.07) is 4.62. The Morgan fingerprint density at radius 1 is 1.14 bits per heavy atom. The molecule has 0 nitrogen and oxygen atoms in total. The lowest BCUT2D eigenvalue weighted by molar-refractivity contribution is -0.0686. The molecule has 0 radical (unpaired) electrons. The van der Waals surface area contributed by atoms with E-state index in [-0.39, 0.29) is 5.56 Å². The number of benzene rings is 1. The fourth-order valence-electron chi connectivity index (χ4n) is 1.09. The maximum atomic E-state index is 12.3. The third-order valence-corrected chi connectivity index (χ3v) is 2.20. The maximum absolute atomic E-state index is 12.3. The Hall–Kier alpha value is -1.25. The summed E-state index contributed by atoms with van der Waals surface area (Å²) in [5.41, 5.74) is 1.16. The van der Waals surface area contributed by atoms with Gasteiger partial charge in [0.1, 0.15) is 0 Å². The third-order valence-electron chi connectivity index (χ3n) is 2.20. The molecule has 0 spiro atoms. The van der Waals surface area contributed by atoms with Gasteiger partial charge in [-0.1, -0.05) is 24.8 Å². The first-order chi connectivity index (χ1) is 6.32. The van der Waals surface area contributed by atoms with Crippen molar-refractivity contribution in [3.05, 3.63) is 41.5 Å². The third kappa shape index (κ3) is 2.16. The molecule has 0 atom stereocenters. The van der Waals surface area contributed by atoms with Gasteiger partial charge in [-0.3, -0.25) is 0 Å². The van der Waals surface area contributed by atoms with Gasteiger partial charge in [0.25, 0.3) is 0 Å². The Morgan fingerprint density at radius 2 is 1.71 bits per heavy atom. The van der Waals surface area contributed by atoms with Gasteiger partial charge in [-0.2, -0.15) is 13.2 Å². The standard InChI is InChI=1S/C11H11F3/c1-7-4-5-10(6-8(7)2)9(3)11(12,13)14/h4-6H,3H2,1-2H3. The summed E-state index contributed by atoms with van der Waals surface area (Å²) < 4.78 is 36.8. The Bertz CT molecular complexity index is 361. The van der Waals surface area contributed by atoms with Crippen molar-refractivity contribution in [1.82, 2.24) is 0 Å². The number of rotatable bonds is 1. The van der Waals surface area contributed by atoms with Crippen molar-refractivity contribution in [1.29, 1.82) is 0 Å². The van der Waals surface area contributed by atoms with Crippen molar-refractivity contribution in [2.75, 3.05) is 0 Å². The van der Waals surface area contributed by atoms with Crippen LogP contribution in [-0.2, 0) is 0 Å². The minimum Gasteiger partial charge on any atom is -0.166 e. The Morgan fingerprint density at radius 3 is 2.14 bits per heavy atom. The van der Waals surface area contributed by atoms with E-state index < -0.39 is 11.7 Å². The van der Waals surface area contributed by atoms with Crippen molar-refractivity contribution in [3.63, 3.8) is 0 Å². The lowest BCUT2D eigenvalue weighted by Crippen LogP contribution is -2.09. The highest BCUT2D eigenvalue weighted by Crippen LogP contribution is 2.32. The van der Waals surface area contributed by atoms with Crippen LogP contribution in [0.25, 0.3) is 5.57 Å². The van der Waals surface area contributed by atoms with E-state index in [2.05, 4.69) is 6.58 Å². The zero-order chi connectivity index (χ0) is 10.9. The predicted octanol–water partition coefficient (Wildman–Crippen LogP) is 3.88. The monoisotopic (exact) mass is 200 g/mol. The van der Waals surface area contributed by atoms with Crippen LogP contribution in [0.4, 0.5) is 13.2 Å². The van der Waals surface area contributed by atoms with E-state index in [0.29, 0.717) is 0 Å². The molecule has 0 saturated carbocycles. The molecule has 0 aliphatic rings. The first kappa shape index (κ1) is 10.8. The van der Waals surface area contributed by atoms with Crippen molar-refractivity contribution < 1.29 is 13.2 Å². The normalized spacial score (nSPS) is 11.5. The molecular formula is C11H11F3. The molecule has 0 heterocycles. The van der Waals surface area contributed by atoms with Crippen LogP contribution in [-0.4, -0.2) is 6.18 Å². The van der Waals surface area contributed by atoms with E-state index in [1.54, 1.807) is 13.0 Å². The van der Waals surface area contributed by atoms with Crippen LogP contribution >= 0.6 is 0 Å². The van der Waals surface area contributed by atoms with Gasteiger partial charge in [-0.25, -0.2) is 0 Å². The second-order valence-electron chi connectivity index (χ2n) is 3.28. The van der Waals surface area contributed by atoms with Crippen molar-refractivity contribution >= 4 is 5.57 Å². The first-order valence-electron chi connectivity index (χ1n) is 4.16. The van der Waals surface area contributed by atoms with Crippen LogP contribution in [0.2, 0.25) is 0 Å². The second kappa shape index (κ2) is 3.48. The van der Waals surface area contributed by atoms with E-state index >= 15 is 0 Å². The van der Waals surface area contributed by atoms with Gasteiger partial charge in [0.15, 0.2) is 0 Å². The van der Waals surface area contributed by atoms with Gasteiger partial charge in [-0.05, 0) is 30.5 Å². The summed E-state index contributed by atoms with van der Waals surface area (Å²) in [7, 11) is 0. The Balaban J connectivity index is 3.10. The van der Waals surface area contributed by atoms with E-state index in [4.69, 9.17) is 0 Å². The smallest absolute Gasteiger partial charge is 0.166 e. The van der Waals surface area contributed by atoms with Gasteiger partial charge in [0.2, 0.25) is 0 Å². The molecule has 0 aromatic heterocycles. The highest BCUT2D eigenvalue weighted by Gasteiger charge is 2.32. The highest BCUT2D eigenvalue weighted by atomic mass is 19.4. The lowest BCUT2D eigenvalue weighted by Gasteiger charge is -2.11. The number of hydrogen-bond acceptors (Lipinski definition) is 0. The lowest BCUT2D eigenvalue weighted by atomic mass is 10.0. The van der Waals surface area contributed by atoms with Crippen LogP contribution in [0.15, 0.2) is 24.8 Å². The van der Waals surface area contributed by atoms with Crippen LogP contribution < -0.4 is 0 Å². The molecule has 0 aliphatic heterocycles. The molecule has 0 saturated heterocycles. The fraction of sp³-hybridized carbons (Fsp3) is 0.273. The van der Waals surface area contributed by atoms with Crippen molar-refractivity contribution in [2.45, 2.75) is 20.0 Å². The van der Waals surface area contributed by atoms with Crippen LogP contribution in [0.1, 0.15) is 16.7 Å². The van der Waals surface area contributed by atoms with Crippen molar-refractivity contribution in [2.24, 2.45) is 0 Å². The zero-order valence-corrected chi connectivity index (χ0v) is 8.07. The number of halogens is 3. The molecule has 1 rings (SSSR count). The van der Waals surface area contributed by atoms with Crippen LogP contribution in [0.5, 0.6) is 0 Å². The highest BCUT2D eigenvalue weighted by molar-refractivity contribution is 5.68. The predicted molar refractivity (Wildman–Crippen MR) is 51.0 cm³/mol. The summed E-state index contributed by atoms with van der Waals surface area (Å²) in [5, 5.41) is 0. The fourth-order valence-corrected chi connectivity index (χ4v) is 1.09. The van der Waals surface area contributed by atoms with Crippen LogP contribution in [0.3, 0.4) is 0 Å². The molecule has 0 fully saturated rings. The van der Waals surface area contributed by atoms with Gasteiger partial charge in [0.05, 0.1) is 5.57 Å². The molecule has 76 valence electrons. The topological polar surface area (TPSA) is 0 Å². The largest absolute Gasteiger partial charge is 0.416 e. The summed E-state index contributed by atoms with van der Waals surface area (Å²) >= 11 is 0. The Kier molecular flexibility index (Phi) is 2.69. The summed E-state index contributed by atoms with van der Waals surface area (Å²) in [6.45, 7) is 6.68. The van der Waals surface area contributed by atoms with Gasteiger partial charge >= 0.3 is 6.18 Å². The van der Waals surface area contributed by atoms with Gasteiger partial charge in [0, 0.05) is 0 Å². The SMILES string of the molecule is C=C(c1ccc(C)c(C)c1)C(F)(F)F. The minimum atomic E-state index is -4.35. The van der Waals surface area contributed by atoms with Gasteiger partial charge in [-0.15, -0.1) is 0 Å². The average molecular weight is 200 g/mol. The molecule has 0 aliphatic carbocycles.